The Labute approximate surface area is 88.1 Å². The highest BCUT2D eigenvalue weighted by atomic mass is 19.3. The lowest BCUT2D eigenvalue weighted by Crippen LogP contribution is -2.09. The van der Waals surface area contributed by atoms with Crippen LogP contribution in [0.25, 0.3) is 0 Å². The van der Waals surface area contributed by atoms with Crippen molar-refractivity contribution >= 4 is 5.78 Å². The first-order chi connectivity index (χ1) is 7.15. The van der Waals surface area contributed by atoms with E-state index in [0.29, 0.717) is 0 Å². The van der Waals surface area contributed by atoms with Crippen LogP contribution in [-0.4, -0.2) is 12.2 Å². The molecule has 3 heteroatoms. The molecule has 15 heavy (non-hydrogen) atoms. The van der Waals surface area contributed by atoms with E-state index in [0.717, 1.165) is 24.8 Å². The van der Waals surface area contributed by atoms with Gasteiger partial charge in [0, 0.05) is 5.56 Å². The molecule has 1 rings (SSSR count). The van der Waals surface area contributed by atoms with E-state index >= 15 is 0 Å². The summed E-state index contributed by atoms with van der Waals surface area (Å²) < 4.78 is 24.1. The topological polar surface area (TPSA) is 17.1 Å². The van der Waals surface area contributed by atoms with Crippen molar-refractivity contribution in [2.45, 2.75) is 32.6 Å². The highest BCUT2D eigenvalue weighted by molar-refractivity contribution is 5.98. The minimum absolute atomic E-state index is 0.0882. The molecule has 0 aliphatic rings. The third-order valence-corrected chi connectivity index (χ3v) is 2.26. The van der Waals surface area contributed by atoms with Crippen LogP contribution < -0.4 is 0 Å². The normalized spacial score (nSPS) is 10.7. The molecule has 0 heterocycles. The van der Waals surface area contributed by atoms with Crippen LogP contribution in [0.3, 0.4) is 0 Å². The van der Waals surface area contributed by atoms with Crippen molar-refractivity contribution in [3.63, 3.8) is 0 Å². The van der Waals surface area contributed by atoms with E-state index in [9.17, 15) is 13.6 Å². The van der Waals surface area contributed by atoms with Gasteiger partial charge >= 0.3 is 6.43 Å². The van der Waals surface area contributed by atoms with Crippen molar-refractivity contribution in [2.75, 3.05) is 0 Å². The first-order valence-corrected chi connectivity index (χ1v) is 5.06. The number of carbonyl (C=O) groups excluding carboxylic acids is 1. The molecule has 0 saturated heterocycles. The second kappa shape index (κ2) is 5.59. The summed E-state index contributed by atoms with van der Waals surface area (Å²) in [6.07, 6.45) is 0.186. The van der Waals surface area contributed by atoms with Gasteiger partial charge in [0.15, 0.2) is 0 Å². The number of halogens is 2. The molecule has 1 nitrogen and oxygen atoms in total. The summed E-state index contributed by atoms with van der Waals surface area (Å²) in [5.74, 6) is -1.10. The number of hydrogen-bond donors (Lipinski definition) is 0. The lowest BCUT2D eigenvalue weighted by molar-refractivity contribution is 0.0679. The second-order valence-corrected chi connectivity index (χ2v) is 3.47. The van der Waals surface area contributed by atoms with E-state index in [1.165, 1.54) is 12.1 Å². The monoisotopic (exact) mass is 212 g/mol. The van der Waals surface area contributed by atoms with Gasteiger partial charge in [-0.25, -0.2) is 8.78 Å². The largest absolute Gasteiger partial charge is 0.300 e. The van der Waals surface area contributed by atoms with E-state index in [-0.39, 0.29) is 5.56 Å². The summed E-state index contributed by atoms with van der Waals surface area (Å²) in [4.78, 5) is 10.9. The quantitative estimate of drug-likeness (QED) is 0.683. The van der Waals surface area contributed by atoms with Crippen LogP contribution in [0.15, 0.2) is 24.3 Å². The van der Waals surface area contributed by atoms with Crippen molar-refractivity contribution in [1.82, 2.24) is 0 Å². The molecule has 0 bridgehead atoms. The van der Waals surface area contributed by atoms with Gasteiger partial charge in [-0.2, -0.15) is 0 Å². The molecule has 0 aliphatic carbocycles. The third-order valence-electron chi connectivity index (χ3n) is 2.26. The Hall–Kier alpha value is -1.25. The average molecular weight is 212 g/mol. The number of ketones is 1. The third kappa shape index (κ3) is 3.42. The smallest absolute Gasteiger partial charge is 0.288 e. The average Bonchev–Trinajstić information content (AvgIpc) is 2.26. The molecule has 1 aromatic rings. The first kappa shape index (κ1) is 11.8. The second-order valence-electron chi connectivity index (χ2n) is 3.47. The number of rotatable bonds is 5. The van der Waals surface area contributed by atoms with Crippen molar-refractivity contribution in [1.29, 1.82) is 0 Å². The van der Waals surface area contributed by atoms with Gasteiger partial charge in [-0.3, -0.25) is 4.79 Å². The number of carbonyl (C=O) groups is 1. The number of benzene rings is 1. The van der Waals surface area contributed by atoms with E-state index in [2.05, 4.69) is 6.92 Å². The fraction of sp³-hybridized carbons (Fsp3) is 0.417. The zero-order valence-electron chi connectivity index (χ0n) is 8.67. The lowest BCUT2D eigenvalue weighted by Gasteiger charge is -2.02. The van der Waals surface area contributed by atoms with E-state index in [4.69, 9.17) is 0 Å². The highest BCUT2D eigenvalue weighted by Gasteiger charge is 2.16. The minimum atomic E-state index is -2.91. The van der Waals surface area contributed by atoms with Crippen molar-refractivity contribution in [3.05, 3.63) is 35.4 Å². The highest BCUT2D eigenvalue weighted by Crippen LogP contribution is 2.11. The molecule has 0 aliphatic heterocycles. The van der Waals surface area contributed by atoms with Crippen LogP contribution in [0.1, 0.15) is 35.7 Å². The molecule has 0 aromatic heterocycles. The maximum atomic E-state index is 12.1. The predicted molar refractivity (Wildman–Crippen MR) is 55.4 cm³/mol. The molecular weight excluding hydrogens is 198 g/mol. The maximum absolute atomic E-state index is 12.1. The standard InChI is InChI=1S/C12H14F2O/c1-2-3-4-9-5-7-10(8-6-9)11(15)12(13)14/h5-8,12H,2-4H2,1H3. The summed E-state index contributed by atoms with van der Waals surface area (Å²) in [5, 5.41) is 0. The van der Waals surface area contributed by atoms with Gasteiger partial charge in [-0.05, 0) is 18.4 Å². The Morgan fingerprint density at radius 3 is 2.33 bits per heavy atom. The molecule has 0 radical (unpaired) electrons. The van der Waals surface area contributed by atoms with Crippen LogP contribution in [0, 0.1) is 0 Å². The van der Waals surface area contributed by atoms with E-state index in [1.807, 2.05) is 0 Å². The van der Waals surface area contributed by atoms with Gasteiger partial charge in [0.1, 0.15) is 0 Å². The van der Waals surface area contributed by atoms with Gasteiger partial charge < -0.3 is 0 Å². The summed E-state index contributed by atoms with van der Waals surface area (Å²) >= 11 is 0. The Bertz CT molecular complexity index is 317. The number of aryl methyl sites for hydroxylation is 1. The fourth-order valence-electron chi connectivity index (χ4n) is 1.34. The summed E-state index contributed by atoms with van der Waals surface area (Å²) in [5.41, 5.74) is 1.17. The summed E-state index contributed by atoms with van der Waals surface area (Å²) in [6, 6.07) is 6.43. The van der Waals surface area contributed by atoms with Gasteiger partial charge in [0.2, 0.25) is 5.78 Å². The number of hydrogen-bond acceptors (Lipinski definition) is 1. The van der Waals surface area contributed by atoms with Crippen molar-refractivity contribution in [3.8, 4) is 0 Å². The molecule has 0 unspecified atom stereocenters. The van der Waals surface area contributed by atoms with Crippen molar-refractivity contribution < 1.29 is 13.6 Å². The van der Waals surface area contributed by atoms with Gasteiger partial charge in [0.25, 0.3) is 0 Å². The van der Waals surface area contributed by atoms with Crippen LogP contribution in [0.2, 0.25) is 0 Å². The molecule has 0 saturated carbocycles. The zero-order valence-corrected chi connectivity index (χ0v) is 8.67. The van der Waals surface area contributed by atoms with Gasteiger partial charge in [-0.15, -0.1) is 0 Å². The van der Waals surface area contributed by atoms with Gasteiger partial charge in [0.05, 0.1) is 0 Å². The Morgan fingerprint density at radius 1 is 1.27 bits per heavy atom. The van der Waals surface area contributed by atoms with Crippen LogP contribution in [0.5, 0.6) is 0 Å². The molecular formula is C12H14F2O. The zero-order chi connectivity index (χ0) is 11.3. The molecule has 0 fully saturated rings. The van der Waals surface area contributed by atoms with Crippen LogP contribution >= 0.6 is 0 Å². The number of unbranched alkanes of at least 4 members (excludes halogenated alkanes) is 1. The summed E-state index contributed by atoms with van der Waals surface area (Å²) in [6.45, 7) is 2.09. The molecule has 0 N–H and O–H groups in total. The molecule has 0 atom stereocenters. The predicted octanol–water partition coefficient (Wildman–Crippen LogP) is 3.48. The SMILES string of the molecule is CCCCc1ccc(C(=O)C(F)F)cc1. The Morgan fingerprint density at radius 2 is 1.87 bits per heavy atom. The first-order valence-electron chi connectivity index (χ1n) is 5.06. The summed E-state index contributed by atoms with van der Waals surface area (Å²) in [7, 11) is 0. The number of Topliss-reactive ketones (excluding diaryl/α,β-unsaturated/α-hetero) is 1. The molecule has 0 spiro atoms. The fourth-order valence-corrected chi connectivity index (χ4v) is 1.34. The molecule has 1 aromatic carbocycles. The Kier molecular flexibility index (Phi) is 4.40. The lowest BCUT2D eigenvalue weighted by atomic mass is 10.0. The maximum Gasteiger partial charge on any atom is 0.300 e. The molecule has 0 amide bonds. The van der Waals surface area contributed by atoms with Crippen molar-refractivity contribution in [2.24, 2.45) is 0 Å². The van der Waals surface area contributed by atoms with Crippen LogP contribution in [0.4, 0.5) is 8.78 Å². The minimum Gasteiger partial charge on any atom is -0.288 e. The van der Waals surface area contributed by atoms with Crippen LogP contribution in [-0.2, 0) is 6.42 Å². The number of alkyl halides is 2. The van der Waals surface area contributed by atoms with E-state index in [1.54, 1.807) is 12.1 Å². The Balaban J connectivity index is 2.68. The molecule has 82 valence electrons. The van der Waals surface area contributed by atoms with Gasteiger partial charge in [-0.1, -0.05) is 37.6 Å². The van der Waals surface area contributed by atoms with E-state index < -0.39 is 12.2 Å².